The Kier molecular flexibility index (Phi) is 6.41. The van der Waals surface area contributed by atoms with E-state index in [-0.39, 0.29) is 12.6 Å². The molecule has 4 rings (SSSR count). The molecule has 0 radical (unpaired) electrons. The standard InChI is InChI=1S/C21H16Cl2N4O3S/c1-2-9-29-17-5-3-4-6-18(17)30-11-19(28)24-20-25-21-27(26-20)16(12-31-21)14-10-13(22)7-8-15(14)23/h2-8,10,12H,1,9,11H2,(H,24,26,28). The number of halogens is 2. The molecule has 1 N–H and O–H groups in total. The minimum absolute atomic E-state index is 0.163. The van der Waals surface area contributed by atoms with Crippen LogP contribution >= 0.6 is 34.5 Å². The van der Waals surface area contributed by atoms with E-state index in [4.69, 9.17) is 32.7 Å². The number of amides is 1. The van der Waals surface area contributed by atoms with E-state index in [0.29, 0.717) is 33.1 Å². The van der Waals surface area contributed by atoms with Gasteiger partial charge in [0.25, 0.3) is 11.9 Å². The fourth-order valence-corrected chi connectivity index (χ4v) is 3.96. The first-order chi connectivity index (χ1) is 15.0. The van der Waals surface area contributed by atoms with Gasteiger partial charge in [0.05, 0.1) is 10.7 Å². The van der Waals surface area contributed by atoms with Gasteiger partial charge in [0.15, 0.2) is 18.1 Å². The third-order valence-corrected chi connectivity index (χ3v) is 5.48. The number of carbonyl (C=O) groups excluding carboxylic acids is 1. The molecule has 0 atom stereocenters. The molecule has 0 unspecified atom stereocenters. The molecular formula is C21H16Cl2N4O3S. The van der Waals surface area contributed by atoms with Gasteiger partial charge in [-0.15, -0.1) is 16.4 Å². The summed E-state index contributed by atoms with van der Waals surface area (Å²) in [4.78, 5) is 17.3. The smallest absolute Gasteiger partial charge is 0.264 e. The first-order valence-electron chi connectivity index (χ1n) is 9.10. The number of fused-ring (bicyclic) bond motifs is 1. The van der Waals surface area contributed by atoms with Gasteiger partial charge in [0.2, 0.25) is 4.96 Å². The van der Waals surface area contributed by atoms with Crippen LogP contribution in [0.25, 0.3) is 16.2 Å². The largest absolute Gasteiger partial charge is 0.486 e. The van der Waals surface area contributed by atoms with Crippen LogP contribution in [0.15, 0.2) is 60.5 Å². The van der Waals surface area contributed by atoms with Crippen molar-refractivity contribution in [3.63, 3.8) is 0 Å². The Morgan fingerprint density at radius 1 is 1.19 bits per heavy atom. The first kappa shape index (κ1) is 21.2. The van der Waals surface area contributed by atoms with Crippen LogP contribution in [0.5, 0.6) is 11.5 Å². The average Bonchev–Trinajstić information content (AvgIpc) is 3.33. The molecule has 158 valence electrons. The maximum Gasteiger partial charge on any atom is 0.264 e. The van der Waals surface area contributed by atoms with E-state index in [1.165, 1.54) is 11.3 Å². The lowest BCUT2D eigenvalue weighted by molar-refractivity contribution is -0.118. The highest BCUT2D eigenvalue weighted by molar-refractivity contribution is 7.15. The Hall–Kier alpha value is -3.07. The molecule has 0 fully saturated rings. The highest BCUT2D eigenvalue weighted by Gasteiger charge is 2.16. The van der Waals surface area contributed by atoms with Gasteiger partial charge in [0, 0.05) is 16.0 Å². The minimum atomic E-state index is -0.404. The molecule has 7 nitrogen and oxygen atoms in total. The molecule has 1 amide bonds. The summed E-state index contributed by atoms with van der Waals surface area (Å²) in [6, 6.07) is 12.3. The molecular weight excluding hydrogens is 459 g/mol. The Balaban J connectivity index is 1.46. The molecule has 10 heteroatoms. The lowest BCUT2D eigenvalue weighted by Crippen LogP contribution is -2.21. The number of hydrogen-bond donors (Lipinski definition) is 1. The van der Waals surface area contributed by atoms with Crippen LogP contribution in [-0.2, 0) is 4.79 Å². The van der Waals surface area contributed by atoms with Gasteiger partial charge in [-0.05, 0) is 30.3 Å². The molecule has 0 aliphatic heterocycles. The minimum Gasteiger partial charge on any atom is -0.486 e. The van der Waals surface area contributed by atoms with E-state index >= 15 is 0 Å². The fraction of sp³-hybridized carbons (Fsp3) is 0.0952. The summed E-state index contributed by atoms with van der Waals surface area (Å²) in [6.45, 7) is 3.72. The molecule has 0 aliphatic carbocycles. The molecule has 2 heterocycles. The predicted molar refractivity (Wildman–Crippen MR) is 123 cm³/mol. The highest BCUT2D eigenvalue weighted by atomic mass is 35.5. The van der Waals surface area contributed by atoms with Crippen molar-refractivity contribution in [2.24, 2.45) is 0 Å². The number of nitrogens with zero attached hydrogens (tertiary/aromatic N) is 3. The monoisotopic (exact) mass is 474 g/mol. The van der Waals surface area contributed by atoms with E-state index in [0.717, 1.165) is 11.3 Å². The number of para-hydroxylation sites is 2. The van der Waals surface area contributed by atoms with E-state index < -0.39 is 5.91 Å². The third kappa shape index (κ3) is 4.82. The van der Waals surface area contributed by atoms with Gasteiger partial charge < -0.3 is 9.47 Å². The third-order valence-electron chi connectivity index (χ3n) is 4.10. The summed E-state index contributed by atoms with van der Waals surface area (Å²) < 4.78 is 12.7. The maximum atomic E-state index is 12.3. The van der Waals surface area contributed by atoms with Crippen molar-refractivity contribution in [2.45, 2.75) is 0 Å². The van der Waals surface area contributed by atoms with E-state index in [1.54, 1.807) is 47.0 Å². The number of thiazole rings is 1. The zero-order chi connectivity index (χ0) is 21.8. The van der Waals surface area contributed by atoms with Gasteiger partial charge in [-0.1, -0.05) is 48.0 Å². The van der Waals surface area contributed by atoms with E-state index in [1.807, 2.05) is 11.4 Å². The first-order valence-corrected chi connectivity index (χ1v) is 10.7. The Morgan fingerprint density at radius 3 is 2.74 bits per heavy atom. The van der Waals surface area contributed by atoms with Crippen LogP contribution in [0.1, 0.15) is 0 Å². The molecule has 2 aromatic heterocycles. The van der Waals surface area contributed by atoms with Gasteiger partial charge in [-0.25, -0.2) is 4.52 Å². The summed E-state index contributed by atoms with van der Waals surface area (Å²) in [7, 11) is 0. The molecule has 31 heavy (non-hydrogen) atoms. The molecule has 0 saturated heterocycles. The number of rotatable bonds is 8. The number of carbonyl (C=O) groups is 1. The highest BCUT2D eigenvalue weighted by Crippen LogP contribution is 2.33. The molecule has 4 aromatic rings. The summed E-state index contributed by atoms with van der Waals surface area (Å²) in [5, 5.41) is 9.97. The number of anilines is 1. The van der Waals surface area contributed by atoms with Gasteiger partial charge in [0.1, 0.15) is 6.61 Å². The number of hydrogen-bond acceptors (Lipinski definition) is 6. The molecule has 0 aliphatic rings. The molecule has 0 spiro atoms. The summed E-state index contributed by atoms with van der Waals surface area (Å²) in [5.74, 6) is 0.741. The second-order valence-corrected chi connectivity index (χ2v) is 7.94. The normalized spacial score (nSPS) is 10.8. The predicted octanol–water partition coefficient (Wildman–Crippen LogP) is 5.35. The second kappa shape index (κ2) is 9.38. The number of ether oxygens (including phenoxy) is 2. The zero-order valence-corrected chi connectivity index (χ0v) is 18.4. The van der Waals surface area contributed by atoms with Crippen LogP contribution < -0.4 is 14.8 Å². The lowest BCUT2D eigenvalue weighted by Gasteiger charge is -2.11. The van der Waals surface area contributed by atoms with Gasteiger partial charge in [-0.2, -0.15) is 4.98 Å². The summed E-state index contributed by atoms with van der Waals surface area (Å²) >= 11 is 13.8. The van der Waals surface area contributed by atoms with E-state index in [2.05, 4.69) is 22.0 Å². The van der Waals surface area contributed by atoms with Crippen molar-refractivity contribution in [2.75, 3.05) is 18.5 Å². The molecule has 2 aromatic carbocycles. The maximum absolute atomic E-state index is 12.3. The van der Waals surface area contributed by atoms with Gasteiger partial charge in [-0.3, -0.25) is 10.1 Å². The lowest BCUT2D eigenvalue weighted by atomic mass is 10.2. The van der Waals surface area contributed by atoms with Crippen molar-refractivity contribution < 1.29 is 14.3 Å². The van der Waals surface area contributed by atoms with Crippen LogP contribution in [0, 0.1) is 0 Å². The van der Waals surface area contributed by atoms with Crippen LogP contribution in [0.3, 0.4) is 0 Å². The fourth-order valence-electron chi connectivity index (χ4n) is 2.76. The number of benzene rings is 2. The summed E-state index contributed by atoms with van der Waals surface area (Å²) in [6.07, 6.45) is 1.63. The molecule has 0 bridgehead atoms. The van der Waals surface area contributed by atoms with Gasteiger partial charge >= 0.3 is 0 Å². The van der Waals surface area contributed by atoms with Crippen molar-refractivity contribution in [1.29, 1.82) is 0 Å². The molecule has 0 saturated carbocycles. The van der Waals surface area contributed by atoms with Crippen LogP contribution in [0.2, 0.25) is 10.0 Å². The zero-order valence-electron chi connectivity index (χ0n) is 16.0. The Morgan fingerprint density at radius 2 is 1.97 bits per heavy atom. The Bertz CT molecular complexity index is 1250. The topological polar surface area (TPSA) is 77.8 Å². The SMILES string of the molecule is C=CCOc1ccccc1OCC(=O)Nc1nc2scc(-c3cc(Cl)ccc3Cl)n2n1. The number of aromatic nitrogens is 3. The number of nitrogens with one attached hydrogen (secondary N) is 1. The average molecular weight is 475 g/mol. The van der Waals surface area contributed by atoms with Crippen molar-refractivity contribution in [3.05, 3.63) is 70.5 Å². The quantitative estimate of drug-likeness (QED) is 0.348. The Labute approximate surface area is 191 Å². The van der Waals surface area contributed by atoms with Crippen molar-refractivity contribution in [3.8, 4) is 22.8 Å². The van der Waals surface area contributed by atoms with E-state index in [9.17, 15) is 4.79 Å². The van der Waals surface area contributed by atoms with Crippen molar-refractivity contribution >= 4 is 51.4 Å². The van der Waals surface area contributed by atoms with Crippen molar-refractivity contribution in [1.82, 2.24) is 14.6 Å². The second-order valence-electron chi connectivity index (χ2n) is 6.26. The van der Waals surface area contributed by atoms with Crippen LogP contribution in [-0.4, -0.2) is 33.7 Å². The van der Waals surface area contributed by atoms with Crippen LogP contribution in [0.4, 0.5) is 5.95 Å². The summed E-state index contributed by atoms with van der Waals surface area (Å²) in [5.41, 5.74) is 1.45.